The predicted molar refractivity (Wildman–Crippen MR) is 68.6 cm³/mol. The van der Waals surface area contributed by atoms with Gasteiger partial charge in [0.15, 0.2) is 5.82 Å². The number of nitrogens with zero attached hydrogens (tertiary/aromatic N) is 4. The van der Waals surface area contributed by atoms with E-state index in [1.165, 1.54) is 0 Å². The third kappa shape index (κ3) is 2.25. The monoisotopic (exact) mass is 242 g/mol. The summed E-state index contributed by atoms with van der Waals surface area (Å²) >= 11 is 0. The predicted octanol–water partition coefficient (Wildman–Crippen LogP) is 1.44. The SMILES string of the molecule is CC(Nc1ccc(N)c(C#N)c1)c1nncn1C. The van der Waals surface area contributed by atoms with Gasteiger partial charge in [-0.25, -0.2) is 0 Å². The van der Waals surface area contributed by atoms with E-state index in [2.05, 4.69) is 21.6 Å². The highest BCUT2D eigenvalue weighted by molar-refractivity contribution is 5.62. The van der Waals surface area contributed by atoms with Gasteiger partial charge >= 0.3 is 0 Å². The Balaban J connectivity index is 2.20. The Bertz CT molecular complexity index is 595. The van der Waals surface area contributed by atoms with Gasteiger partial charge in [0.1, 0.15) is 12.4 Å². The lowest BCUT2D eigenvalue weighted by molar-refractivity contribution is 0.719. The van der Waals surface area contributed by atoms with Gasteiger partial charge in [-0.3, -0.25) is 0 Å². The molecule has 0 aliphatic heterocycles. The maximum absolute atomic E-state index is 8.92. The summed E-state index contributed by atoms with van der Waals surface area (Å²) in [4.78, 5) is 0. The molecule has 1 unspecified atom stereocenters. The first-order chi connectivity index (χ1) is 8.61. The lowest BCUT2D eigenvalue weighted by Gasteiger charge is -2.14. The Kier molecular flexibility index (Phi) is 3.15. The van der Waals surface area contributed by atoms with Crippen molar-refractivity contribution in [2.75, 3.05) is 11.1 Å². The molecule has 0 radical (unpaired) electrons. The van der Waals surface area contributed by atoms with E-state index in [4.69, 9.17) is 11.0 Å². The molecule has 0 bridgehead atoms. The zero-order valence-corrected chi connectivity index (χ0v) is 10.3. The number of hydrogen-bond donors (Lipinski definition) is 2. The second kappa shape index (κ2) is 4.75. The first-order valence-corrected chi connectivity index (χ1v) is 5.52. The second-order valence-corrected chi connectivity index (χ2v) is 4.08. The lowest BCUT2D eigenvalue weighted by Crippen LogP contribution is -2.12. The second-order valence-electron chi connectivity index (χ2n) is 4.08. The Hall–Kier alpha value is -2.55. The molecule has 0 fully saturated rings. The van der Waals surface area contributed by atoms with Gasteiger partial charge in [0, 0.05) is 18.4 Å². The summed E-state index contributed by atoms with van der Waals surface area (Å²) in [5.41, 5.74) is 7.45. The Morgan fingerprint density at radius 1 is 1.50 bits per heavy atom. The zero-order valence-electron chi connectivity index (χ0n) is 10.3. The number of rotatable bonds is 3. The maximum Gasteiger partial charge on any atom is 0.154 e. The molecular weight excluding hydrogens is 228 g/mol. The molecule has 0 aliphatic rings. The summed E-state index contributed by atoms with van der Waals surface area (Å²) in [6.07, 6.45) is 1.65. The van der Waals surface area contributed by atoms with Crippen molar-refractivity contribution in [1.29, 1.82) is 5.26 Å². The van der Waals surface area contributed by atoms with Crippen LogP contribution >= 0.6 is 0 Å². The number of nitrogens with two attached hydrogens (primary N) is 1. The summed E-state index contributed by atoms with van der Waals surface area (Å²) < 4.78 is 1.85. The number of aryl methyl sites for hydroxylation is 1. The fraction of sp³-hybridized carbons (Fsp3) is 0.250. The van der Waals surface area contributed by atoms with Gasteiger partial charge in [-0.1, -0.05) is 0 Å². The lowest BCUT2D eigenvalue weighted by atomic mass is 10.1. The number of nitrogen functional groups attached to an aromatic ring is 1. The van der Waals surface area contributed by atoms with Crippen LogP contribution in [-0.2, 0) is 7.05 Å². The normalized spacial score (nSPS) is 11.8. The van der Waals surface area contributed by atoms with Gasteiger partial charge < -0.3 is 15.6 Å². The fourth-order valence-corrected chi connectivity index (χ4v) is 1.74. The van der Waals surface area contributed by atoms with E-state index in [1.807, 2.05) is 24.6 Å². The molecule has 6 nitrogen and oxygen atoms in total. The molecule has 3 N–H and O–H groups in total. The topological polar surface area (TPSA) is 92.5 Å². The van der Waals surface area contributed by atoms with Crippen LogP contribution in [0.2, 0.25) is 0 Å². The van der Waals surface area contributed by atoms with Crippen LogP contribution in [-0.4, -0.2) is 14.8 Å². The molecule has 1 heterocycles. The van der Waals surface area contributed by atoms with Gasteiger partial charge in [-0.05, 0) is 25.1 Å². The van der Waals surface area contributed by atoms with E-state index in [9.17, 15) is 0 Å². The minimum atomic E-state index is -0.00679. The molecule has 0 saturated heterocycles. The minimum absolute atomic E-state index is 0.00679. The maximum atomic E-state index is 8.92. The molecule has 0 saturated carbocycles. The Morgan fingerprint density at radius 3 is 2.89 bits per heavy atom. The average molecular weight is 242 g/mol. The molecule has 1 atom stereocenters. The van der Waals surface area contributed by atoms with Crippen LogP contribution in [0.25, 0.3) is 0 Å². The molecule has 92 valence electrons. The third-order valence-corrected chi connectivity index (χ3v) is 2.69. The molecule has 2 aromatic rings. The van der Waals surface area contributed by atoms with Crippen molar-refractivity contribution < 1.29 is 0 Å². The molecule has 0 aliphatic carbocycles. The quantitative estimate of drug-likeness (QED) is 0.794. The average Bonchev–Trinajstić information content (AvgIpc) is 2.78. The summed E-state index contributed by atoms with van der Waals surface area (Å²) in [7, 11) is 1.89. The van der Waals surface area contributed by atoms with E-state index in [1.54, 1.807) is 18.5 Å². The number of nitriles is 1. The highest BCUT2D eigenvalue weighted by atomic mass is 15.3. The van der Waals surface area contributed by atoms with E-state index in [0.29, 0.717) is 11.3 Å². The van der Waals surface area contributed by atoms with Crippen molar-refractivity contribution in [3.05, 3.63) is 35.9 Å². The van der Waals surface area contributed by atoms with E-state index < -0.39 is 0 Å². The molecular formula is C12H14N6. The van der Waals surface area contributed by atoms with Crippen LogP contribution in [0.5, 0.6) is 0 Å². The summed E-state index contributed by atoms with van der Waals surface area (Å²) in [6, 6.07) is 7.32. The summed E-state index contributed by atoms with van der Waals surface area (Å²) in [5, 5.41) is 20.0. The van der Waals surface area contributed by atoms with Gasteiger partial charge in [0.05, 0.1) is 11.6 Å². The molecule has 18 heavy (non-hydrogen) atoms. The van der Waals surface area contributed by atoms with Crippen molar-refractivity contribution in [1.82, 2.24) is 14.8 Å². The number of hydrogen-bond acceptors (Lipinski definition) is 5. The molecule has 0 spiro atoms. The van der Waals surface area contributed by atoms with Crippen molar-refractivity contribution in [2.45, 2.75) is 13.0 Å². The van der Waals surface area contributed by atoms with Crippen molar-refractivity contribution in [3.8, 4) is 6.07 Å². The van der Waals surface area contributed by atoms with Gasteiger partial charge in [0.2, 0.25) is 0 Å². The van der Waals surface area contributed by atoms with Crippen LogP contribution < -0.4 is 11.1 Å². The molecule has 1 aromatic heterocycles. The summed E-state index contributed by atoms with van der Waals surface area (Å²) in [5.74, 6) is 0.824. The number of aromatic nitrogens is 3. The van der Waals surface area contributed by atoms with Gasteiger partial charge in [-0.2, -0.15) is 5.26 Å². The first-order valence-electron chi connectivity index (χ1n) is 5.52. The van der Waals surface area contributed by atoms with Crippen LogP contribution in [0.4, 0.5) is 11.4 Å². The molecule has 2 rings (SSSR count). The third-order valence-electron chi connectivity index (χ3n) is 2.69. The molecule has 6 heteroatoms. The van der Waals surface area contributed by atoms with Crippen LogP contribution in [0.1, 0.15) is 24.4 Å². The Labute approximate surface area is 105 Å². The van der Waals surface area contributed by atoms with E-state index in [0.717, 1.165) is 11.5 Å². The van der Waals surface area contributed by atoms with Crippen molar-refractivity contribution in [2.24, 2.45) is 7.05 Å². The van der Waals surface area contributed by atoms with Crippen LogP contribution in [0.3, 0.4) is 0 Å². The standard InChI is InChI=1S/C12H14N6/c1-8(12-17-15-7-18(12)2)16-10-3-4-11(14)9(5-10)6-13/h3-5,7-8,16H,14H2,1-2H3. The van der Waals surface area contributed by atoms with Crippen molar-refractivity contribution in [3.63, 3.8) is 0 Å². The van der Waals surface area contributed by atoms with Gasteiger partial charge in [-0.15, -0.1) is 10.2 Å². The largest absolute Gasteiger partial charge is 0.398 e. The van der Waals surface area contributed by atoms with E-state index >= 15 is 0 Å². The highest BCUT2D eigenvalue weighted by Crippen LogP contribution is 2.21. The van der Waals surface area contributed by atoms with Crippen molar-refractivity contribution >= 4 is 11.4 Å². The van der Waals surface area contributed by atoms with E-state index in [-0.39, 0.29) is 6.04 Å². The number of benzene rings is 1. The molecule has 1 aromatic carbocycles. The number of nitrogens with one attached hydrogen (secondary N) is 1. The highest BCUT2D eigenvalue weighted by Gasteiger charge is 2.11. The molecule has 0 amide bonds. The zero-order chi connectivity index (χ0) is 13.1. The minimum Gasteiger partial charge on any atom is -0.398 e. The van der Waals surface area contributed by atoms with Crippen LogP contribution in [0, 0.1) is 11.3 Å². The van der Waals surface area contributed by atoms with Crippen LogP contribution in [0.15, 0.2) is 24.5 Å². The Morgan fingerprint density at radius 2 is 2.28 bits per heavy atom. The summed E-state index contributed by atoms with van der Waals surface area (Å²) in [6.45, 7) is 1.98. The fourth-order valence-electron chi connectivity index (χ4n) is 1.74. The smallest absolute Gasteiger partial charge is 0.154 e. The van der Waals surface area contributed by atoms with Gasteiger partial charge in [0.25, 0.3) is 0 Å². The number of anilines is 2. The first kappa shape index (κ1) is 11.9.